The second kappa shape index (κ2) is 6.30. The van der Waals surface area contributed by atoms with Crippen LogP contribution in [-0.4, -0.2) is 25.5 Å². The van der Waals surface area contributed by atoms with Crippen LogP contribution in [-0.2, 0) is 14.8 Å². The average Bonchev–Trinajstić information content (AvgIpc) is 2.21. The molecule has 9 heteroatoms. The van der Waals surface area contributed by atoms with E-state index in [2.05, 4.69) is 4.72 Å². The lowest BCUT2D eigenvalue weighted by atomic mass is 9.88. The molecule has 0 saturated carbocycles. The van der Waals surface area contributed by atoms with Gasteiger partial charge in [-0.2, -0.15) is 4.72 Å². The number of hydrogen-bond donors (Lipinski definition) is 2. The van der Waals surface area contributed by atoms with Gasteiger partial charge in [0.2, 0.25) is 10.0 Å². The molecule has 0 radical (unpaired) electrons. The van der Waals surface area contributed by atoms with Crippen LogP contribution in [0.5, 0.6) is 0 Å². The van der Waals surface area contributed by atoms with E-state index in [9.17, 15) is 18.3 Å². The SMILES string of the molecule is CC(C)(C)[C@H](NS(=O)(=O)c1c(Cl)cc(Cl)cc1Cl)C(=O)O. The molecule has 1 aromatic rings. The Labute approximate surface area is 138 Å². The molecule has 5 nitrogen and oxygen atoms in total. The molecule has 0 aliphatic rings. The van der Waals surface area contributed by atoms with Gasteiger partial charge in [0.05, 0.1) is 10.0 Å². The number of aliphatic carboxylic acids is 1. The summed E-state index contributed by atoms with van der Waals surface area (Å²) in [4.78, 5) is 10.9. The zero-order valence-corrected chi connectivity index (χ0v) is 14.5. The Bertz CT molecular complexity index is 645. The minimum absolute atomic E-state index is 0.176. The number of carbonyl (C=O) groups is 1. The maximum Gasteiger partial charge on any atom is 0.322 e. The summed E-state index contributed by atoms with van der Waals surface area (Å²) < 4.78 is 26.8. The van der Waals surface area contributed by atoms with Crippen LogP contribution in [0.3, 0.4) is 0 Å². The van der Waals surface area contributed by atoms with E-state index in [1.54, 1.807) is 20.8 Å². The van der Waals surface area contributed by atoms with E-state index >= 15 is 0 Å². The Kier molecular flexibility index (Phi) is 5.56. The number of benzene rings is 1. The molecule has 0 heterocycles. The summed E-state index contributed by atoms with van der Waals surface area (Å²) in [6.45, 7) is 4.79. The van der Waals surface area contributed by atoms with Gasteiger partial charge in [-0.05, 0) is 17.5 Å². The first-order valence-corrected chi connectivity index (χ1v) is 8.37. The molecule has 1 atom stereocenters. The van der Waals surface area contributed by atoms with Crippen molar-refractivity contribution in [3.8, 4) is 0 Å². The maximum absolute atomic E-state index is 12.4. The van der Waals surface area contributed by atoms with Crippen LogP contribution in [0, 0.1) is 5.41 Å². The monoisotopic (exact) mass is 373 g/mol. The molecule has 0 aliphatic heterocycles. The molecule has 0 unspecified atom stereocenters. The number of rotatable bonds is 4. The highest BCUT2D eigenvalue weighted by atomic mass is 35.5. The number of halogens is 3. The summed E-state index contributed by atoms with van der Waals surface area (Å²) >= 11 is 17.4. The van der Waals surface area contributed by atoms with Crippen LogP contribution < -0.4 is 4.72 Å². The van der Waals surface area contributed by atoms with Crippen molar-refractivity contribution in [1.82, 2.24) is 4.72 Å². The van der Waals surface area contributed by atoms with Gasteiger partial charge in [0, 0.05) is 5.02 Å². The number of nitrogens with one attached hydrogen (secondary N) is 1. The molecule has 0 saturated heterocycles. The number of hydrogen-bond acceptors (Lipinski definition) is 3. The topological polar surface area (TPSA) is 83.5 Å². The lowest BCUT2D eigenvalue weighted by Crippen LogP contribution is -2.49. The fraction of sp³-hybridized carbons (Fsp3) is 0.417. The molecule has 0 bridgehead atoms. The molecule has 0 aliphatic carbocycles. The lowest BCUT2D eigenvalue weighted by Gasteiger charge is -2.27. The van der Waals surface area contributed by atoms with E-state index in [1.807, 2.05) is 0 Å². The summed E-state index contributed by atoms with van der Waals surface area (Å²) in [6, 6.07) is 1.10. The average molecular weight is 375 g/mol. The molecule has 1 aromatic carbocycles. The Morgan fingerprint density at radius 3 is 1.95 bits per heavy atom. The molecule has 118 valence electrons. The number of sulfonamides is 1. The minimum atomic E-state index is -4.22. The number of carboxylic acid groups (broad SMARTS) is 1. The fourth-order valence-electron chi connectivity index (χ4n) is 1.60. The zero-order valence-electron chi connectivity index (χ0n) is 11.4. The van der Waals surface area contributed by atoms with Gasteiger partial charge in [0.1, 0.15) is 10.9 Å². The van der Waals surface area contributed by atoms with Gasteiger partial charge in [0.15, 0.2) is 0 Å². The fourth-order valence-corrected chi connectivity index (χ4v) is 4.54. The number of carboxylic acids is 1. The highest BCUT2D eigenvalue weighted by molar-refractivity contribution is 7.89. The van der Waals surface area contributed by atoms with Crippen molar-refractivity contribution >= 4 is 50.8 Å². The quantitative estimate of drug-likeness (QED) is 0.846. The van der Waals surface area contributed by atoms with Gasteiger partial charge in [-0.1, -0.05) is 55.6 Å². The van der Waals surface area contributed by atoms with Crippen LogP contribution in [0.2, 0.25) is 15.1 Å². The summed E-state index contributed by atoms with van der Waals surface area (Å²) in [5.41, 5.74) is -0.843. The van der Waals surface area contributed by atoms with E-state index in [0.717, 1.165) is 0 Å². The molecule has 0 amide bonds. The predicted molar refractivity (Wildman–Crippen MR) is 82.7 cm³/mol. The second-order valence-electron chi connectivity index (χ2n) is 5.46. The van der Waals surface area contributed by atoms with Crippen LogP contribution in [0.1, 0.15) is 20.8 Å². The first-order chi connectivity index (χ1) is 9.36. The molecule has 0 spiro atoms. The highest BCUT2D eigenvalue weighted by Crippen LogP contribution is 2.33. The summed E-state index contributed by atoms with van der Waals surface area (Å²) in [5.74, 6) is -1.30. The first-order valence-electron chi connectivity index (χ1n) is 5.76. The lowest BCUT2D eigenvalue weighted by molar-refractivity contribution is -0.141. The Morgan fingerprint density at radius 2 is 1.62 bits per heavy atom. The Balaban J connectivity index is 3.33. The summed E-state index contributed by atoms with van der Waals surface area (Å²) in [7, 11) is -4.22. The highest BCUT2D eigenvalue weighted by Gasteiger charge is 2.36. The third-order valence-electron chi connectivity index (χ3n) is 2.62. The first kappa shape index (κ1) is 18.5. The second-order valence-corrected chi connectivity index (χ2v) is 8.36. The molecular formula is C12H14Cl3NO4S. The van der Waals surface area contributed by atoms with Crippen molar-refractivity contribution in [3.63, 3.8) is 0 Å². The zero-order chi connectivity index (χ0) is 16.6. The molecule has 1 rings (SSSR count). The molecule has 0 fully saturated rings. The molecule has 2 N–H and O–H groups in total. The molecular weight excluding hydrogens is 361 g/mol. The maximum atomic E-state index is 12.4. The van der Waals surface area contributed by atoms with Crippen molar-refractivity contribution in [1.29, 1.82) is 0 Å². The Hall–Kier alpha value is -0.530. The summed E-state index contributed by atoms with van der Waals surface area (Å²) in [5, 5.41) is 9.00. The normalized spacial score (nSPS) is 14.0. The van der Waals surface area contributed by atoms with Gasteiger partial charge >= 0.3 is 5.97 Å². The molecule has 21 heavy (non-hydrogen) atoms. The van der Waals surface area contributed by atoms with E-state index in [-0.39, 0.29) is 15.1 Å². The molecule has 0 aromatic heterocycles. The van der Waals surface area contributed by atoms with Crippen molar-refractivity contribution in [3.05, 3.63) is 27.2 Å². The van der Waals surface area contributed by atoms with Gasteiger partial charge in [-0.15, -0.1) is 0 Å². The summed E-state index contributed by atoms with van der Waals surface area (Å²) in [6.07, 6.45) is 0. The van der Waals surface area contributed by atoms with Gasteiger partial charge in [-0.3, -0.25) is 4.79 Å². The van der Waals surface area contributed by atoms with Crippen LogP contribution in [0.25, 0.3) is 0 Å². The van der Waals surface area contributed by atoms with Crippen molar-refractivity contribution in [2.75, 3.05) is 0 Å². The van der Waals surface area contributed by atoms with Crippen LogP contribution >= 0.6 is 34.8 Å². The largest absolute Gasteiger partial charge is 0.480 e. The third kappa shape index (κ3) is 4.47. The standard InChI is InChI=1S/C12H14Cl3NO4S/c1-12(2,3)10(11(17)18)16-21(19,20)9-7(14)4-6(13)5-8(9)15/h4-5,10,16H,1-3H3,(H,17,18)/t10-/m1/s1. The minimum Gasteiger partial charge on any atom is -0.480 e. The van der Waals surface area contributed by atoms with E-state index in [1.165, 1.54) is 12.1 Å². The van der Waals surface area contributed by atoms with E-state index < -0.39 is 32.3 Å². The van der Waals surface area contributed by atoms with Crippen molar-refractivity contribution in [2.45, 2.75) is 31.7 Å². The van der Waals surface area contributed by atoms with Crippen molar-refractivity contribution in [2.24, 2.45) is 5.41 Å². The predicted octanol–water partition coefficient (Wildman–Crippen LogP) is 3.42. The van der Waals surface area contributed by atoms with Crippen molar-refractivity contribution < 1.29 is 18.3 Å². The van der Waals surface area contributed by atoms with E-state index in [4.69, 9.17) is 34.8 Å². The van der Waals surface area contributed by atoms with Gasteiger partial charge in [-0.25, -0.2) is 8.42 Å². The van der Waals surface area contributed by atoms with E-state index in [0.29, 0.717) is 0 Å². The van der Waals surface area contributed by atoms with Gasteiger partial charge in [0.25, 0.3) is 0 Å². The third-order valence-corrected chi connectivity index (χ3v) is 5.18. The smallest absolute Gasteiger partial charge is 0.322 e. The Morgan fingerprint density at radius 1 is 1.19 bits per heavy atom. The van der Waals surface area contributed by atoms with Gasteiger partial charge < -0.3 is 5.11 Å². The van der Waals surface area contributed by atoms with Crippen LogP contribution in [0.4, 0.5) is 0 Å². The van der Waals surface area contributed by atoms with Crippen LogP contribution in [0.15, 0.2) is 17.0 Å².